The molecule has 0 bridgehead atoms. The molecule has 1 aromatic heterocycles. The molecule has 4 saturated heterocycles. The number of allylic oxidation sites excluding steroid dienone is 1. The van der Waals surface area contributed by atoms with Crippen LogP contribution in [0, 0.1) is 11.8 Å². The molecule has 4 fully saturated rings. The molecule has 0 unspecified atom stereocenters. The van der Waals surface area contributed by atoms with Crippen LogP contribution in [0.2, 0.25) is 0 Å². The summed E-state index contributed by atoms with van der Waals surface area (Å²) in [6.07, 6.45) is 9.00. The largest absolute Gasteiger partial charge is 0.488 e. The number of aromatic nitrogens is 2. The third kappa shape index (κ3) is 8.18. The van der Waals surface area contributed by atoms with E-state index in [1.807, 2.05) is 35.2 Å². The lowest BCUT2D eigenvalue weighted by Gasteiger charge is -2.36. The van der Waals surface area contributed by atoms with Crippen LogP contribution in [0.15, 0.2) is 41.7 Å². The van der Waals surface area contributed by atoms with Crippen LogP contribution in [0.5, 0.6) is 11.5 Å². The van der Waals surface area contributed by atoms with E-state index in [9.17, 15) is 19.2 Å². The molecular weight excluding hydrogens is 847 g/mol. The number of alkyl carbamates (subject to hydrolysis) is 2. The van der Waals surface area contributed by atoms with Crippen LogP contribution in [0.1, 0.15) is 100 Å². The number of aromatic amines is 1. The lowest BCUT2D eigenvalue weighted by atomic mass is 9.86. The first-order chi connectivity index (χ1) is 32.1. The fraction of sp³-hybridized carbons (Fsp3) is 0.551. The monoisotopic (exact) mass is 905 g/mol. The highest BCUT2D eigenvalue weighted by Crippen LogP contribution is 2.51. The number of ether oxygens (including phenoxy) is 6. The molecule has 17 heteroatoms. The number of amides is 4. The molecule has 7 aliphatic rings. The Morgan fingerprint density at radius 3 is 1.77 bits per heavy atom. The Bertz CT molecular complexity index is 2400. The lowest BCUT2D eigenvalue weighted by molar-refractivity contribution is -0.139. The van der Waals surface area contributed by atoms with Gasteiger partial charge in [0.15, 0.2) is 0 Å². The Hall–Kier alpha value is -5.94. The van der Waals surface area contributed by atoms with Crippen LogP contribution in [0.25, 0.3) is 28.0 Å². The highest BCUT2D eigenvalue weighted by molar-refractivity contribution is 6.04. The average Bonchev–Trinajstić information content (AvgIpc) is 4.19. The van der Waals surface area contributed by atoms with Gasteiger partial charge in [-0.05, 0) is 112 Å². The van der Waals surface area contributed by atoms with E-state index in [0.717, 1.165) is 87.5 Å². The van der Waals surface area contributed by atoms with Crippen LogP contribution >= 0.6 is 0 Å². The Balaban J connectivity index is 0.852. The maximum Gasteiger partial charge on any atom is 0.407 e. The number of aliphatic imine (C=N–C) groups is 1. The number of hydrogen-bond acceptors (Lipinski definition) is 12. The smallest absolute Gasteiger partial charge is 0.407 e. The van der Waals surface area contributed by atoms with Gasteiger partial charge < -0.3 is 53.8 Å². The molecule has 0 radical (unpaired) electrons. The maximum atomic E-state index is 14.4. The molecule has 7 aliphatic heterocycles. The maximum absolute atomic E-state index is 14.4. The minimum absolute atomic E-state index is 0.00411. The van der Waals surface area contributed by atoms with E-state index < -0.39 is 24.3 Å². The summed E-state index contributed by atoms with van der Waals surface area (Å²) in [7, 11) is 2.63. The zero-order valence-electron chi connectivity index (χ0n) is 38.1. The molecular formula is C49H59N7O10. The van der Waals surface area contributed by atoms with E-state index in [2.05, 4.69) is 40.7 Å². The van der Waals surface area contributed by atoms with Gasteiger partial charge in [0, 0.05) is 84.7 Å². The molecule has 10 rings (SSSR count). The lowest BCUT2D eigenvalue weighted by Crippen LogP contribution is -2.56. The number of methoxy groups -OCH3 is 2. The van der Waals surface area contributed by atoms with E-state index in [1.54, 1.807) is 0 Å². The van der Waals surface area contributed by atoms with Crippen LogP contribution in [-0.4, -0.2) is 120 Å². The molecule has 0 spiro atoms. The fourth-order valence-corrected chi connectivity index (χ4v) is 11.4. The number of carbonyl (C=O) groups excluding carboxylic acids is 4. The van der Waals surface area contributed by atoms with E-state index in [1.165, 1.54) is 14.2 Å². The van der Waals surface area contributed by atoms with Crippen molar-refractivity contribution in [3.05, 3.63) is 59.2 Å². The zero-order valence-corrected chi connectivity index (χ0v) is 38.1. The number of hydrogen-bond donors (Lipinski definition) is 3. The van der Waals surface area contributed by atoms with Gasteiger partial charge >= 0.3 is 12.2 Å². The van der Waals surface area contributed by atoms with E-state index in [4.69, 9.17) is 38.4 Å². The molecule has 2 aromatic carbocycles. The number of H-pyrrole nitrogens is 1. The van der Waals surface area contributed by atoms with Crippen molar-refractivity contribution in [2.45, 2.75) is 121 Å². The van der Waals surface area contributed by atoms with Gasteiger partial charge in [0.25, 0.3) is 0 Å². The summed E-state index contributed by atoms with van der Waals surface area (Å²) in [6, 6.07) is 6.50. The molecule has 350 valence electrons. The van der Waals surface area contributed by atoms with Crippen molar-refractivity contribution >= 4 is 35.3 Å². The first-order valence-corrected chi connectivity index (χ1v) is 23.5. The van der Waals surface area contributed by atoms with Gasteiger partial charge in [-0.1, -0.05) is 0 Å². The van der Waals surface area contributed by atoms with Crippen molar-refractivity contribution in [1.29, 1.82) is 0 Å². The second kappa shape index (κ2) is 18.4. The number of likely N-dealkylation sites (tertiary alicyclic amines) is 2. The molecule has 3 N–H and O–H groups in total. The van der Waals surface area contributed by atoms with E-state index >= 15 is 0 Å². The number of rotatable bonds is 10. The Morgan fingerprint density at radius 2 is 1.21 bits per heavy atom. The predicted molar refractivity (Wildman–Crippen MR) is 242 cm³/mol. The minimum atomic E-state index is -0.724. The van der Waals surface area contributed by atoms with Gasteiger partial charge in [-0.2, -0.15) is 0 Å². The highest BCUT2D eigenvalue weighted by atomic mass is 16.5. The van der Waals surface area contributed by atoms with Gasteiger partial charge in [0.2, 0.25) is 11.8 Å². The van der Waals surface area contributed by atoms with E-state index in [-0.39, 0.29) is 47.8 Å². The number of nitrogens with one attached hydrogen (secondary N) is 3. The second-order valence-corrected chi connectivity index (χ2v) is 18.7. The summed E-state index contributed by atoms with van der Waals surface area (Å²) in [5.41, 5.74) is 8.79. The third-order valence-corrected chi connectivity index (χ3v) is 14.9. The Morgan fingerprint density at radius 1 is 0.697 bits per heavy atom. The summed E-state index contributed by atoms with van der Waals surface area (Å²) in [5, 5.41) is 5.70. The van der Waals surface area contributed by atoms with Crippen molar-refractivity contribution < 1.29 is 47.6 Å². The average molecular weight is 906 g/mol. The summed E-state index contributed by atoms with van der Waals surface area (Å²) in [4.78, 5) is 70.7. The topological polar surface area (TPSA) is 195 Å². The third-order valence-electron chi connectivity index (χ3n) is 14.9. The molecule has 17 nitrogen and oxygen atoms in total. The Labute approximate surface area is 383 Å². The first kappa shape index (κ1) is 43.9. The molecule has 66 heavy (non-hydrogen) atoms. The van der Waals surface area contributed by atoms with Crippen molar-refractivity contribution in [3.63, 3.8) is 0 Å². The number of carbonyl (C=O) groups is 4. The molecule has 8 heterocycles. The normalized spacial score (nSPS) is 24.6. The van der Waals surface area contributed by atoms with Gasteiger partial charge in [-0.15, -0.1) is 0 Å². The van der Waals surface area contributed by atoms with E-state index in [0.29, 0.717) is 77.6 Å². The molecule has 0 saturated carbocycles. The second-order valence-electron chi connectivity index (χ2n) is 18.7. The van der Waals surface area contributed by atoms with Crippen LogP contribution in [0.4, 0.5) is 9.59 Å². The Kier molecular flexibility index (Phi) is 12.2. The highest BCUT2D eigenvalue weighted by Gasteiger charge is 2.45. The zero-order chi connectivity index (χ0) is 45.6. The fourth-order valence-electron chi connectivity index (χ4n) is 11.4. The van der Waals surface area contributed by atoms with Crippen LogP contribution < -0.4 is 20.1 Å². The minimum Gasteiger partial charge on any atom is -0.488 e. The number of benzene rings is 2. The molecule has 6 atom stereocenters. The quantitative estimate of drug-likeness (QED) is 0.202. The molecule has 3 aromatic rings. The standard InChI is InChI=1S/C49H59N7O10/c1-26-5-7-37(55(26)46(57)43(53-48(59)61-3)28-9-13-63-14-10-28)35-19-32(22-50-35)30-17-33-24-66-40-21-31(18-34-25-65-39(20-30)41(33)42(34)40)36-23-51-45(52-36)38-8-6-27(2)56(38)47(58)44(54-49(60)62-4)29-11-15-64-16-12-29/h17-18,20-23,26-29,37-38,43-44H,5-16,19,24-25H2,1-4H3,(H,51,52)(H,53,59)(H,54,60)/t26-,27-,37-,38-,43-,44-/m0/s1. The van der Waals surface area contributed by atoms with Crippen molar-refractivity contribution in [1.82, 2.24) is 30.4 Å². The molecule has 0 aliphatic carbocycles. The van der Waals surface area contributed by atoms with Crippen molar-refractivity contribution in [3.8, 4) is 33.9 Å². The summed E-state index contributed by atoms with van der Waals surface area (Å²) in [6.45, 7) is 7.02. The predicted octanol–water partition coefficient (Wildman–Crippen LogP) is 6.45. The number of nitrogens with zero attached hydrogens (tertiary/aromatic N) is 4. The summed E-state index contributed by atoms with van der Waals surface area (Å²) < 4.78 is 34.0. The first-order valence-electron chi connectivity index (χ1n) is 23.5. The van der Waals surface area contributed by atoms with Crippen molar-refractivity contribution in [2.24, 2.45) is 16.8 Å². The summed E-state index contributed by atoms with van der Waals surface area (Å²) >= 11 is 0. The SMILES string of the molecule is COC(=O)N[C@H](C(=O)N1[C@@H](C)CC[C@H]1C1=NC=C(c2cc3c4c(c2)OCc2cc(-c5cnc([C@@H]6CC[C@H](C)N6C(=O)[C@@H](NC(=O)OC)C6CCOCC6)[nH]5)cc(c2-4)OC3)C1)C1CCOCC1. The molecule has 4 amide bonds. The van der Waals surface area contributed by atoms with Gasteiger partial charge in [-0.3, -0.25) is 14.6 Å². The van der Waals surface area contributed by atoms with Gasteiger partial charge in [0.1, 0.15) is 42.6 Å². The summed E-state index contributed by atoms with van der Waals surface area (Å²) in [5.74, 6) is 1.93. The number of imidazole rings is 1. The van der Waals surface area contributed by atoms with Crippen molar-refractivity contribution in [2.75, 3.05) is 40.6 Å². The van der Waals surface area contributed by atoms with Gasteiger partial charge in [0.05, 0.1) is 38.2 Å². The van der Waals surface area contributed by atoms with Crippen LogP contribution in [0.3, 0.4) is 0 Å². The van der Waals surface area contributed by atoms with Crippen LogP contribution in [-0.2, 0) is 41.8 Å². The van der Waals surface area contributed by atoms with Gasteiger partial charge in [-0.25, -0.2) is 14.6 Å².